The number of benzene rings is 2. The van der Waals surface area contributed by atoms with Crippen molar-refractivity contribution in [2.24, 2.45) is 0 Å². The van der Waals surface area contributed by atoms with Crippen LogP contribution in [0.15, 0.2) is 52.1 Å². The van der Waals surface area contributed by atoms with Crippen molar-refractivity contribution < 1.29 is 8.81 Å². The average Bonchev–Trinajstić information content (AvgIpc) is 2.69. The molecule has 0 radical (unpaired) electrons. The smallest absolute Gasteiger partial charge is 0.253 e. The zero-order valence-corrected chi connectivity index (χ0v) is 9.62. The molecule has 4 heteroatoms. The fourth-order valence-corrected chi connectivity index (χ4v) is 1.94. The fourth-order valence-electron chi connectivity index (χ4n) is 1.73. The second-order valence-corrected chi connectivity index (χ2v) is 4.07. The summed E-state index contributed by atoms with van der Waals surface area (Å²) in [7, 11) is 0. The topological polar surface area (TPSA) is 26.0 Å². The van der Waals surface area contributed by atoms with Crippen LogP contribution in [0.4, 0.5) is 4.39 Å². The molecule has 0 spiro atoms. The highest BCUT2D eigenvalue weighted by molar-refractivity contribution is 7.80. The molecule has 2 nitrogen and oxygen atoms in total. The van der Waals surface area contributed by atoms with Crippen LogP contribution in [0.1, 0.15) is 0 Å². The monoisotopic (exact) mass is 245 g/mol. The number of hydrogen-bond donors (Lipinski definition) is 1. The van der Waals surface area contributed by atoms with Gasteiger partial charge < -0.3 is 4.42 Å². The molecule has 0 aliphatic rings. The van der Waals surface area contributed by atoms with Gasteiger partial charge in [0.05, 0.1) is 0 Å². The third-order valence-corrected chi connectivity index (χ3v) is 2.75. The first-order chi connectivity index (χ1) is 8.22. The largest absolute Gasteiger partial charge is 0.432 e. The highest BCUT2D eigenvalue weighted by atomic mass is 32.1. The van der Waals surface area contributed by atoms with Crippen molar-refractivity contribution in [1.29, 1.82) is 0 Å². The molecule has 84 valence electrons. The maximum absolute atomic E-state index is 12.8. The van der Waals surface area contributed by atoms with Gasteiger partial charge in [0.2, 0.25) is 0 Å². The highest BCUT2D eigenvalue weighted by Gasteiger charge is 2.05. The van der Waals surface area contributed by atoms with Gasteiger partial charge in [0, 0.05) is 0 Å². The Morgan fingerprint density at radius 3 is 2.47 bits per heavy atom. The van der Waals surface area contributed by atoms with Gasteiger partial charge in [-0.05, 0) is 35.4 Å². The van der Waals surface area contributed by atoms with E-state index < -0.39 is 0 Å². The van der Waals surface area contributed by atoms with E-state index in [1.807, 2.05) is 18.2 Å². The van der Waals surface area contributed by atoms with Crippen LogP contribution in [-0.2, 0) is 0 Å². The van der Waals surface area contributed by atoms with Crippen LogP contribution >= 0.6 is 12.6 Å². The molecule has 0 N–H and O–H groups in total. The van der Waals surface area contributed by atoms with E-state index >= 15 is 0 Å². The van der Waals surface area contributed by atoms with Crippen molar-refractivity contribution in [3.05, 3.63) is 48.3 Å². The Kier molecular flexibility index (Phi) is 2.37. The molecule has 3 aromatic rings. The van der Waals surface area contributed by atoms with Gasteiger partial charge >= 0.3 is 0 Å². The van der Waals surface area contributed by atoms with Crippen LogP contribution < -0.4 is 0 Å². The Labute approximate surface area is 103 Å². The molecule has 0 amide bonds. The minimum atomic E-state index is -0.243. The number of oxazole rings is 1. The zero-order valence-electron chi connectivity index (χ0n) is 8.72. The molecule has 1 heterocycles. The summed E-state index contributed by atoms with van der Waals surface area (Å²) in [6.45, 7) is 0. The predicted molar refractivity (Wildman–Crippen MR) is 66.7 cm³/mol. The van der Waals surface area contributed by atoms with Crippen LogP contribution in [0.25, 0.3) is 22.2 Å². The maximum atomic E-state index is 12.8. The van der Waals surface area contributed by atoms with Crippen LogP contribution in [0.3, 0.4) is 0 Å². The molecular weight excluding hydrogens is 237 g/mol. The van der Waals surface area contributed by atoms with Gasteiger partial charge in [0.1, 0.15) is 11.3 Å². The molecule has 2 aromatic carbocycles. The molecule has 0 fully saturated rings. The minimum absolute atomic E-state index is 0.243. The van der Waals surface area contributed by atoms with Crippen molar-refractivity contribution in [1.82, 2.24) is 4.98 Å². The van der Waals surface area contributed by atoms with Crippen LogP contribution in [-0.4, -0.2) is 4.98 Å². The summed E-state index contributed by atoms with van der Waals surface area (Å²) in [5.41, 5.74) is 3.34. The molecule has 3 rings (SSSR count). The van der Waals surface area contributed by atoms with Gasteiger partial charge in [-0.1, -0.05) is 30.8 Å². The summed E-state index contributed by atoms with van der Waals surface area (Å²) in [6, 6.07) is 12.0. The summed E-state index contributed by atoms with van der Waals surface area (Å²) in [5.74, 6) is -0.243. The summed E-state index contributed by atoms with van der Waals surface area (Å²) in [5, 5.41) is 0.344. The van der Waals surface area contributed by atoms with E-state index in [1.165, 1.54) is 12.1 Å². The van der Waals surface area contributed by atoms with Crippen LogP contribution in [0, 0.1) is 5.82 Å². The highest BCUT2D eigenvalue weighted by Crippen LogP contribution is 2.25. The van der Waals surface area contributed by atoms with Crippen molar-refractivity contribution in [3.63, 3.8) is 0 Å². The standard InChI is InChI=1S/C13H8FNOS/c14-10-4-1-8(2-5-10)9-3-6-11-12(7-9)16-13(17)15-11/h1-7H,(H,15,17). The number of aromatic nitrogens is 1. The van der Waals surface area contributed by atoms with Crippen molar-refractivity contribution in [3.8, 4) is 11.1 Å². The van der Waals surface area contributed by atoms with Crippen LogP contribution in [0.5, 0.6) is 0 Å². The summed E-state index contributed by atoms with van der Waals surface area (Å²) < 4.78 is 18.2. The van der Waals surface area contributed by atoms with Gasteiger partial charge in [-0.25, -0.2) is 9.37 Å². The average molecular weight is 245 g/mol. The lowest BCUT2D eigenvalue weighted by Crippen LogP contribution is -1.79. The first-order valence-electron chi connectivity index (χ1n) is 5.08. The van der Waals surface area contributed by atoms with Gasteiger partial charge in [-0.2, -0.15) is 0 Å². The first-order valence-corrected chi connectivity index (χ1v) is 5.52. The lowest BCUT2D eigenvalue weighted by atomic mass is 10.1. The Morgan fingerprint density at radius 2 is 1.71 bits per heavy atom. The summed E-state index contributed by atoms with van der Waals surface area (Å²) >= 11 is 4.05. The number of fused-ring (bicyclic) bond motifs is 1. The predicted octanol–water partition coefficient (Wildman–Crippen LogP) is 3.92. The quantitative estimate of drug-likeness (QED) is 0.657. The molecular formula is C13H8FNOS. The Balaban J connectivity index is 2.13. The van der Waals surface area contributed by atoms with Crippen LogP contribution in [0.2, 0.25) is 0 Å². The Bertz CT molecular complexity index is 675. The third-order valence-electron chi connectivity index (χ3n) is 2.55. The van der Waals surface area contributed by atoms with Gasteiger partial charge in [-0.15, -0.1) is 0 Å². The van der Waals surface area contributed by atoms with Gasteiger partial charge in [0.15, 0.2) is 5.58 Å². The third kappa shape index (κ3) is 1.91. The molecule has 17 heavy (non-hydrogen) atoms. The van der Waals surface area contributed by atoms with E-state index in [2.05, 4.69) is 17.6 Å². The molecule has 0 bridgehead atoms. The zero-order chi connectivity index (χ0) is 11.8. The van der Waals surface area contributed by atoms with E-state index in [9.17, 15) is 4.39 Å². The SMILES string of the molecule is Fc1ccc(-c2ccc3nc(S)oc3c2)cc1. The second-order valence-electron chi connectivity index (χ2n) is 3.69. The van der Waals surface area contributed by atoms with E-state index in [0.29, 0.717) is 10.8 Å². The summed E-state index contributed by atoms with van der Waals surface area (Å²) in [4.78, 5) is 4.10. The van der Waals surface area contributed by atoms with E-state index in [-0.39, 0.29) is 5.82 Å². The molecule has 0 unspecified atom stereocenters. The number of hydrogen-bond acceptors (Lipinski definition) is 3. The van der Waals surface area contributed by atoms with Gasteiger partial charge in [-0.3, -0.25) is 0 Å². The number of rotatable bonds is 1. The fraction of sp³-hybridized carbons (Fsp3) is 0. The molecule has 0 saturated carbocycles. The molecule has 1 aromatic heterocycles. The van der Waals surface area contributed by atoms with Crippen molar-refractivity contribution >= 4 is 23.7 Å². The number of halogens is 1. The van der Waals surface area contributed by atoms with Crippen molar-refractivity contribution in [2.45, 2.75) is 5.22 Å². The lowest BCUT2D eigenvalue weighted by Gasteiger charge is -2.00. The lowest BCUT2D eigenvalue weighted by molar-refractivity contribution is 0.492. The first kappa shape index (κ1) is 10.4. The molecule has 0 atom stereocenters. The summed E-state index contributed by atoms with van der Waals surface area (Å²) in [6.07, 6.45) is 0. The van der Waals surface area contributed by atoms with Crippen molar-refractivity contribution in [2.75, 3.05) is 0 Å². The molecule has 0 aliphatic heterocycles. The molecule has 0 saturated heterocycles. The van der Waals surface area contributed by atoms with E-state index in [0.717, 1.165) is 16.6 Å². The normalized spacial score (nSPS) is 10.9. The Morgan fingerprint density at radius 1 is 1.00 bits per heavy atom. The Hall–Kier alpha value is -1.81. The van der Waals surface area contributed by atoms with E-state index in [1.54, 1.807) is 12.1 Å². The maximum Gasteiger partial charge on any atom is 0.253 e. The van der Waals surface area contributed by atoms with E-state index in [4.69, 9.17) is 4.42 Å². The number of thiol groups is 1. The number of nitrogens with zero attached hydrogens (tertiary/aromatic N) is 1. The second kappa shape index (κ2) is 3.89. The molecule has 0 aliphatic carbocycles. The minimum Gasteiger partial charge on any atom is -0.432 e. The van der Waals surface area contributed by atoms with Gasteiger partial charge in [0.25, 0.3) is 5.22 Å².